The number of unbranched alkanes of at least 4 members (excludes halogenated alkanes) is 2. The van der Waals surface area contributed by atoms with Crippen molar-refractivity contribution in [2.75, 3.05) is 20.1 Å². The van der Waals surface area contributed by atoms with Crippen LogP contribution in [0, 0.1) is 0 Å². The molecule has 98 valence electrons. The fraction of sp³-hybridized carbons (Fsp3) is 0.714. The first-order valence-electron chi connectivity index (χ1n) is 6.63. The lowest BCUT2D eigenvalue weighted by Crippen LogP contribution is -2.24. The lowest BCUT2D eigenvalue weighted by atomic mass is 10.2. The molecule has 3 nitrogen and oxygen atoms in total. The van der Waals surface area contributed by atoms with Crippen LogP contribution in [0.2, 0.25) is 0 Å². The van der Waals surface area contributed by atoms with Crippen LogP contribution in [0.5, 0.6) is 0 Å². The van der Waals surface area contributed by atoms with Crippen molar-refractivity contribution in [3.8, 4) is 0 Å². The van der Waals surface area contributed by atoms with E-state index in [9.17, 15) is 0 Å². The standard InChI is InChI=1S/C14H26N2O/c1-13(2)15-9-5-4-6-10-16(3)12-14-8-7-11-17-14/h7-8,11,13,15H,4-6,9-10,12H2,1-3H3. The van der Waals surface area contributed by atoms with Crippen LogP contribution in [0.15, 0.2) is 22.8 Å². The molecule has 0 aliphatic heterocycles. The molecule has 1 aromatic heterocycles. The first-order chi connectivity index (χ1) is 8.18. The van der Waals surface area contributed by atoms with E-state index >= 15 is 0 Å². The predicted molar refractivity (Wildman–Crippen MR) is 72.0 cm³/mol. The molecule has 0 amide bonds. The largest absolute Gasteiger partial charge is 0.468 e. The smallest absolute Gasteiger partial charge is 0.117 e. The second kappa shape index (κ2) is 8.31. The van der Waals surface area contributed by atoms with Crippen molar-refractivity contribution in [1.29, 1.82) is 0 Å². The molecule has 1 rings (SSSR count). The highest BCUT2D eigenvalue weighted by atomic mass is 16.3. The number of hydrogen-bond acceptors (Lipinski definition) is 3. The Labute approximate surface area is 105 Å². The molecule has 0 fully saturated rings. The van der Waals surface area contributed by atoms with Gasteiger partial charge in [0.1, 0.15) is 5.76 Å². The van der Waals surface area contributed by atoms with Gasteiger partial charge in [-0.25, -0.2) is 0 Å². The Morgan fingerprint density at radius 1 is 1.29 bits per heavy atom. The summed E-state index contributed by atoms with van der Waals surface area (Å²) in [6.07, 6.45) is 5.56. The second-order valence-electron chi connectivity index (χ2n) is 4.99. The molecule has 0 spiro atoms. The van der Waals surface area contributed by atoms with Crippen LogP contribution in [0.4, 0.5) is 0 Å². The van der Waals surface area contributed by atoms with E-state index in [2.05, 4.69) is 31.1 Å². The van der Waals surface area contributed by atoms with Crippen LogP contribution < -0.4 is 5.32 Å². The zero-order valence-electron chi connectivity index (χ0n) is 11.4. The van der Waals surface area contributed by atoms with Crippen LogP contribution in [0.25, 0.3) is 0 Å². The van der Waals surface area contributed by atoms with Gasteiger partial charge in [0.05, 0.1) is 12.8 Å². The van der Waals surface area contributed by atoms with Crippen molar-refractivity contribution >= 4 is 0 Å². The average molecular weight is 238 g/mol. The Hall–Kier alpha value is -0.800. The maximum absolute atomic E-state index is 5.32. The van der Waals surface area contributed by atoms with Gasteiger partial charge in [-0.1, -0.05) is 20.3 Å². The summed E-state index contributed by atoms with van der Waals surface area (Å²) >= 11 is 0. The zero-order valence-corrected chi connectivity index (χ0v) is 11.4. The highest BCUT2D eigenvalue weighted by Crippen LogP contribution is 2.05. The molecule has 0 saturated carbocycles. The first-order valence-corrected chi connectivity index (χ1v) is 6.63. The molecule has 1 heterocycles. The van der Waals surface area contributed by atoms with E-state index in [1.165, 1.54) is 19.3 Å². The summed E-state index contributed by atoms with van der Waals surface area (Å²) in [5.41, 5.74) is 0. The van der Waals surface area contributed by atoms with Gasteiger partial charge in [-0.15, -0.1) is 0 Å². The van der Waals surface area contributed by atoms with Crippen LogP contribution in [-0.4, -0.2) is 31.1 Å². The van der Waals surface area contributed by atoms with Gasteiger partial charge in [-0.2, -0.15) is 0 Å². The van der Waals surface area contributed by atoms with E-state index in [0.29, 0.717) is 6.04 Å². The SMILES string of the molecule is CC(C)NCCCCCN(C)Cc1ccco1. The Morgan fingerprint density at radius 3 is 2.76 bits per heavy atom. The molecule has 0 aliphatic rings. The van der Waals surface area contributed by atoms with Crippen molar-refractivity contribution in [3.05, 3.63) is 24.2 Å². The third-order valence-electron chi connectivity index (χ3n) is 2.78. The van der Waals surface area contributed by atoms with Crippen LogP contribution >= 0.6 is 0 Å². The third-order valence-corrected chi connectivity index (χ3v) is 2.78. The van der Waals surface area contributed by atoms with Crippen LogP contribution in [0.3, 0.4) is 0 Å². The second-order valence-corrected chi connectivity index (χ2v) is 4.99. The number of nitrogens with zero attached hydrogens (tertiary/aromatic N) is 1. The van der Waals surface area contributed by atoms with Crippen molar-refractivity contribution in [3.63, 3.8) is 0 Å². The molecule has 0 unspecified atom stereocenters. The Kier molecular flexibility index (Phi) is 6.97. The summed E-state index contributed by atoms with van der Waals surface area (Å²) in [6.45, 7) is 7.58. The number of furan rings is 1. The maximum Gasteiger partial charge on any atom is 0.117 e. The lowest BCUT2D eigenvalue weighted by Gasteiger charge is -2.15. The van der Waals surface area contributed by atoms with Gasteiger partial charge >= 0.3 is 0 Å². The average Bonchev–Trinajstić information content (AvgIpc) is 2.75. The molecule has 17 heavy (non-hydrogen) atoms. The van der Waals surface area contributed by atoms with E-state index < -0.39 is 0 Å². The number of rotatable bonds is 9. The normalized spacial score (nSPS) is 11.6. The first kappa shape index (κ1) is 14.3. The fourth-order valence-electron chi connectivity index (χ4n) is 1.82. The fourth-order valence-corrected chi connectivity index (χ4v) is 1.82. The van der Waals surface area contributed by atoms with E-state index in [0.717, 1.165) is 25.4 Å². The Morgan fingerprint density at radius 2 is 2.12 bits per heavy atom. The molecule has 0 aromatic carbocycles. The van der Waals surface area contributed by atoms with Gasteiger partial charge in [-0.3, -0.25) is 4.90 Å². The quantitative estimate of drug-likeness (QED) is 0.671. The van der Waals surface area contributed by atoms with Crippen LogP contribution in [0.1, 0.15) is 38.9 Å². The van der Waals surface area contributed by atoms with Crippen molar-refractivity contribution in [2.45, 2.75) is 45.7 Å². The zero-order chi connectivity index (χ0) is 12.5. The monoisotopic (exact) mass is 238 g/mol. The highest BCUT2D eigenvalue weighted by molar-refractivity contribution is 4.97. The molecular formula is C14H26N2O. The van der Waals surface area contributed by atoms with Gasteiger partial charge in [0.15, 0.2) is 0 Å². The van der Waals surface area contributed by atoms with E-state index in [1.807, 2.05) is 12.1 Å². The van der Waals surface area contributed by atoms with Crippen molar-refractivity contribution in [1.82, 2.24) is 10.2 Å². The predicted octanol–water partition coefficient (Wildman–Crippen LogP) is 2.88. The molecule has 0 atom stereocenters. The van der Waals surface area contributed by atoms with E-state index in [4.69, 9.17) is 4.42 Å². The van der Waals surface area contributed by atoms with E-state index in [-0.39, 0.29) is 0 Å². The molecule has 0 saturated heterocycles. The summed E-state index contributed by atoms with van der Waals surface area (Å²) in [5, 5.41) is 3.44. The van der Waals surface area contributed by atoms with E-state index in [1.54, 1.807) is 6.26 Å². The lowest BCUT2D eigenvalue weighted by molar-refractivity contribution is 0.288. The molecule has 1 N–H and O–H groups in total. The van der Waals surface area contributed by atoms with Gasteiger partial charge in [0.2, 0.25) is 0 Å². The van der Waals surface area contributed by atoms with Gasteiger partial charge in [0.25, 0.3) is 0 Å². The number of nitrogens with one attached hydrogen (secondary N) is 1. The van der Waals surface area contributed by atoms with Crippen molar-refractivity contribution < 1.29 is 4.42 Å². The molecule has 0 bridgehead atoms. The van der Waals surface area contributed by atoms with Crippen LogP contribution in [-0.2, 0) is 6.54 Å². The molecule has 1 aromatic rings. The molecule has 3 heteroatoms. The molecule has 0 radical (unpaired) electrons. The van der Waals surface area contributed by atoms with Gasteiger partial charge in [-0.05, 0) is 45.1 Å². The minimum absolute atomic E-state index is 0.608. The summed E-state index contributed by atoms with van der Waals surface area (Å²) < 4.78 is 5.32. The van der Waals surface area contributed by atoms with Crippen molar-refractivity contribution in [2.24, 2.45) is 0 Å². The Balaban J connectivity index is 1.95. The molecule has 0 aliphatic carbocycles. The summed E-state index contributed by atoms with van der Waals surface area (Å²) in [5.74, 6) is 1.05. The van der Waals surface area contributed by atoms with Gasteiger partial charge < -0.3 is 9.73 Å². The third kappa shape index (κ3) is 7.18. The highest BCUT2D eigenvalue weighted by Gasteiger charge is 2.01. The minimum atomic E-state index is 0.608. The molecular weight excluding hydrogens is 212 g/mol. The topological polar surface area (TPSA) is 28.4 Å². The van der Waals surface area contributed by atoms with Gasteiger partial charge in [0, 0.05) is 6.04 Å². The summed E-state index contributed by atoms with van der Waals surface area (Å²) in [6, 6.07) is 4.58. The number of hydrogen-bond donors (Lipinski definition) is 1. The maximum atomic E-state index is 5.32. The summed E-state index contributed by atoms with van der Waals surface area (Å²) in [4.78, 5) is 2.31. The minimum Gasteiger partial charge on any atom is -0.468 e. The Bertz CT molecular complexity index is 270. The summed E-state index contributed by atoms with van der Waals surface area (Å²) in [7, 11) is 2.15.